The number of ether oxygens (including phenoxy) is 1. The molecule has 0 unspecified atom stereocenters. The molecule has 6 nitrogen and oxygen atoms in total. The molecule has 1 rings (SSSR count). The molecule has 0 atom stereocenters. The summed E-state index contributed by atoms with van der Waals surface area (Å²) in [7, 11) is 2.99. The SMILES string of the molecule is CCCN(CC(=O)NC)C(=O)c1ccc(OC)cc1O. The highest BCUT2D eigenvalue weighted by Crippen LogP contribution is 2.24. The van der Waals surface area contributed by atoms with E-state index in [1.165, 1.54) is 31.2 Å². The van der Waals surface area contributed by atoms with Gasteiger partial charge in [0.2, 0.25) is 5.91 Å². The largest absolute Gasteiger partial charge is 0.507 e. The van der Waals surface area contributed by atoms with Crippen LogP contribution in [0.2, 0.25) is 0 Å². The van der Waals surface area contributed by atoms with Crippen LogP contribution in [-0.4, -0.2) is 49.1 Å². The Hall–Kier alpha value is -2.24. The van der Waals surface area contributed by atoms with E-state index in [-0.39, 0.29) is 29.7 Å². The van der Waals surface area contributed by atoms with Gasteiger partial charge in [0.1, 0.15) is 11.5 Å². The molecule has 0 aliphatic rings. The van der Waals surface area contributed by atoms with E-state index in [0.717, 1.165) is 6.42 Å². The van der Waals surface area contributed by atoms with Crippen LogP contribution < -0.4 is 10.1 Å². The molecule has 0 bridgehead atoms. The second-order valence-electron chi connectivity index (χ2n) is 4.28. The summed E-state index contributed by atoms with van der Waals surface area (Å²) in [5.41, 5.74) is 0.156. The molecule has 0 heterocycles. The number of nitrogens with one attached hydrogen (secondary N) is 1. The summed E-state index contributed by atoms with van der Waals surface area (Å²) in [5, 5.41) is 12.4. The fourth-order valence-corrected chi connectivity index (χ4v) is 1.76. The number of aromatic hydroxyl groups is 1. The molecule has 2 amide bonds. The fraction of sp³-hybridized carbons (Fsp3) is 0.429. The van der Waals surface area contributed by atoms with Crippen LogP contribution >= 0.6 is 0 Å². The first-order valence-corrected chi connectivity index (χ1v) is 6.40. The van der Waals surface area contributed by atoms with Crippen molar-refractivity contribution in [3.8, 4) is 11.5 Å². The molecule has 6 heteroatoms. The molecule has 1 aromatic carbocycles. The maximum absolute atomic E-state index is 12.4. The molecule has 0 spiro atoms. The number of nitrogens with zero attached hydrogens (tertiary/aromatic N) is 1. The number of amides is 2. The van der Waals surface area contributed by atoms with Crippen molar-refractivity contribution in [3.63, 3.8) is 0 Å². The first-order chi connectivity index (χ1) is 9.53. The van der Waals surface area contributed by atoms with Crippen molar-refractivity contribution in [2.24, 2.45) is 0 Å². The third kappa shape index (κ3) is 3.88. The van der Waals surface area contributed by atoms with Crippen molar-refractivity contribution < 1.29 is 19.4 Å². The Morgan fingerprint density at radius 3 is 2.60 bits per heavy atom. The molecule has 1 aromatic rings. The molecule has 0 aliphatic heterocycles. The van der Waals surface area contributed by atoms with Crippen LogP contribution in [0.15, 0.2) is 18.2 Å². The summed E-state index contributed by atoms with van der Waals surface area (Å²) in [6.07, 6.45) is 0.722. The van der Waals surface area contributed by atoms with E-state index in [1.807, 2.05) is 6.92 Å². The highest BCUT2D eigenvalue weighted by molar-refractivity contribution is 5.98. The van der Waals surface area contributed by atoms with Crippen molar-refractivity contribution in [2.45, 2.75) is 13.3 Å². The van der Waals surface area contributed by atoms with Gasteiger partial charge in [-0.05, 0) is 18.6 Å². The minimum atomic E-state index is -0.379. The summed E-state index contributed by atoms with van der Waals surface area (Å²) >= 11 is 0. The van der Waals surface area contributed by atoms with Gasteiger partial charge in [0, 0.05) is 19.7 Å². The lowest BCUT2D eigenvalue weighted by Gasteiger charge is -2.21. The summed E-state index contributed by atoms with van der Waals surface area (Å²) in [4.78, 5) is 25.2. The third-order valence-corrected chi connectivity index (χ3v) is 2.83. The number of rotatable bonds is 6. The maximum atomic E-state index is 12.4. The Morgan fingerprint density at radius 2 is 2.10 bits per heavy atom. The quantitative estimate of drug-likeness (QED) is 0.814. The number of likely N-dealkylation sites (N-methyl/N-ethyl adjacent to an activating group) is 1. The Bertz CT molecular complexity index is 488. The number of hydrogen-bond acceptors (Lipinski definition) is 4. The zero-order valence-electron chi connectivity index (χ0n) is 12.0. The van der Waals surface area contributed by atoms with Crippen molar-refractivity contribution in [2.75, 3.05) is 27.2 Å². The van der Waals surface area contributed by atoms with E-state index in [0.29, 0.717) is 12.3 Å². The number of carbonyl (C=O) groups excluding carboxylic acids is 2. The lowest BCUT2D eigenvalue weighted by atomic mass is 10.1. The van der Waals surface area contributed by atoms with Gasteiger partial charge in [-0.3, -0.25) is 9.59 Å². The molecule has 0 aromatic heterocycles. The van der Waals surface area contributed by atoms with Gasteiger partial charge >= 0.3 is 0 Å². The average molecular weight is 280 g/mol. The summed E-state index contributed by atoms with van der Waals surface area (Å²) < 4.78 is 4.97. The van der Waals surface area contributed by atoms with E-state index in [9.17, 15) is 14.7 Å². The number of hydrogen-bond donors (Lipinski definition) is 2. The standard InChI is InChI=1S/C14H20N2O4/c1-4-7-16(9-13(18)15-2)14(19)11-6-5-10(20-3)8-12(11)17/h5-6,8,17H,4,7,9H2,1-3H3,(H,15,18). The van der Waals surface area contributed by atoms with E-state index in [1.54, 1.807) is 6.07 Å². The predicted molar refractivity (Wildman–Crippen MR) is 74.9 cm³/mol. The minimum absolute atomic E-state index is 0.0331. The lowest BCUT2D eigenvalue weighted by Crippen LogP contribution is -2.40. The van der Waals surface area contributed by atoms with E-state index in [2.05, 4.69) is 5.32 Å². The fourth-order valence-electron chi connectivity index (χ4n) is 1.76. The van der Waals surface area contributed by atoms with Crippen molar-refractivity contribution in [1.82, 2.24) is 10.2 Å². The Labute approximate surface area is 118 Å². The highest BCUT2D eigenvalue weighted by atomic mass is 16.5. The second kappa shape index (κ2) is 7.37. The maximum Gasteiger partial charge on any atom is 0.258 e. The molecule has 0 aliphatic carbocycles. The normalized spacial score (nSPS) is 9.95. The van der Waals surface area contributed by atoms with Crippen LogP contribution in [0.4, 0.5) is 0 Å². The third-order valence-electron chi connectivity index (χ3n) is 2.83. The molecule has 2 N–H and O–H groups in total. The zero-order chi connectivity index (χ0) is 15.1. The summed E-state index contributed by atoms with van der Waals surface area (Å²) in [5.74, 6) is -0.324. The average Bonchev–Trinajstić information content (AvgIpc) is 2.45. The van der Waals surface area contributed by atoms with Crippen molar-refractivity contribution >= 4 is 11.8 Å². The monoisotopic (exact) mass is 280 g/mol. The minimum Gasteiger partial charge on any atom is -0.507 e. The highest BCUT2D eigenvalue weighted by Gasteiger charge is 2.20. The molecule has 110 valence electrons. The molecular weight excluding hydrogens is 260 g/mol. The van der Waals surface area contributed by atoms with Crippen LogP contribution in [0.3, 0.4) is 0 Å². The van der Waals surface area contributed by atoms with Crippen LogP contribution in [0.5, 0.6) is 11.5 Å². The van der Waals surface area contributed by atoms with Crippen LogP contribution in [0, 0.1) is 0 Å². The van der Waals surface area contributed by atoms with Crippen LogP contribution in [-0.2, 0) is 4.79 Å². The molecule has 0 saturated heterocycles. The molecule has 0 radical (unpaired) electrons. The van der Waals surface area contributed by atoms with Crippen LogP contribution in [0.1, 0.15) is 23.7 Å². The van der Waals surface area contributed by atoms with Gasteiger partial charge < -0.3 is 20.1 Å². The summed E-state index contributed by atoms with van der Waals surface area (Å²) in [6, 6.07) is 4.46. The Morgan fingerprint density at radius 1 is 1.40 bits per heavy atom. The van der Waals surface area contributed by atoms with Gasteiger partial charge in [0.25, 0.3) is 5.91 Å². The zero-order valence-corrected chi connectivity index (χ0v) is 12.0. The van der Waals surface area contributed by atoms with E-state index in [4.69, 9.17) is 4.74 Å². The van der Waals surface area contributed by atoms with Crippen LogP contribution in [0.25, 0.3) is 0 Å². The van der Waals surface area contributed by atoms with Gasteiger partial charge in [-0.25, -0.2) is 0 Å². The number of carbonyl (C=O) groups is 2. The number of phenolic OH excluding ortho intramolecular Hbond substituents is 1. The van der Waals surface area contributed by atoms with E-state index < -0.39 is 0 Å². The Kier molecular flexibility index (Phi) is 5.83. The van der Waals surface area contributed by atoms with Gasteiger partial charge in [-0.2, -0.15) is 0 Å². The van der Waals surface area contributed by atoms with Gasteiger partial charge in [-0.1, -0.05) is 6.92 Å². The number of phenols is 1. The Balaban J connectivity index is 2.96. The molecule has 0 saturated carbocycles. The van der Waals surface area contributed by atoms with Crippen molar-refractivity contribution in [1.29, 1.82) is 0 Å². The predicted octanol–water partition coefficient (Wildman–Crippen LogP) is 0.999. The van der Waals surface area contributed by atoms with Gasteiger partial charge in [0.05, 0.1) is 19.2 Å². The summed E-state index contributed by atoms with van der Waals surface area (Å²) in [6.45, 7) is 2.32. The molecular formula is C14H20N2O4. The number of methoxy groups -OCH3 is 1. The van der Waals surface area contributed by atoms with Crippen molar-refractivity contribution in [3.05, 3.63) is 23.8 Å². The first kappa shape index (κ1) is 15.8. The number of benzene rings is 1. The lowest BCUT2D eigenvalue weighted by molar-refractivity contribution is -0.121. The molecule has 20 heavy (non-hydrogen) atoms. The smallest absolute Gasteiger partial charge is 0.258 e. The first-order valence-electron chi connectivity index (χ1n) is 6.40. The van der Waals surface area contributed by atoms with E-state index >= 15 is 0 Å². The molecule has 0 fully saturated rings. The van der Waals surface area contributed by atoms with Gasteiger partial charge in [0.15, 0.2) is 0 Å². The topological polar surface area (TPSA) is 78.9 Å². The van der Waals surface area contributed by atoms with Gasteiger partial charge in [-0.15, -0.1) is 0 Å². The second-order valence-corrected chi connectivity index (χ2v) is 4.28.